The molecular weight excluding hydrogens is 497 g/mol. The maximum atomic E-state index is 14.3. The summed E-state index contributed by atoms with van der Waals surface area (Å²) < 4.78 is 14.3. The van der Waals surface area contributed by atoms with Crippen LogP contribution >= 0.6 is 23.4 Å². The Morgan fingerprint density at radius 3 is 2.89 bits per heavy atom. The van der Waals surface area contributed by atoms with E-state index in [4.69, 9.17) is 17.3 Å². The Morgan fingerprint density at radius 2 is 2.14 bits per heavy atom. The largest absolute Gasteiger partial charge is 0.369 e. The van der Waals surface area contributed by atoms with Crippen LogP contribution in [-0.2, 0) is 22.4 Å². The second kappa shape index (κ2) is 9.34. The molecule has 0 unspecified atom stereocenters. The number of hydrogen-bond acceptors (Lipinski definition) is 7. The highest BCUT2D eigenvalue weighted by Gasteiger charge is 2.54. The SMILES string of the molecule is NC(=O)[C@H]1[C@@H]2C[C@@H]([C@H]1Cc1nc(Cl)ncc1F)[C@H](SCC(=O)N1CCc3ccc([N+](=O)[O-])cc31)C2. The van der Waals surface area contributed by atoms with Crippen molar-refractivity contribution in [1.29, 1.82) is 0 Å². The van der Waals surface area contributed by atoms with Crippen molar-refractivity contribution in [2.24, 2.45) is 29.4 Å². The van der Waals surface area contributed by atoms with Crippen LogP contribution in [0.1, 0.15) is 24.1 Å². The van der Waals surface area contributed by atoms with E-state index in [0.717, 1.165) is 24.6 Å². The lowest BCUT2D eigenvalue weighted by Gasteiger charge is -2.34. The average molecular weight is 520 g/mol. The summed E-state index contributed by atoms with van der Waals surface area (Å²) in [4.78, 5) is 45.3. The van der Waals surface area contributed by atoms with Gasteiger partial charge in [-0.25, -0.2) is 14.4 Å². The number of carbonyl (C=O) groups is 2. The number of anilines is 1. The number of amides is 2. The van der Waals surface area contributed by atoms with Gasteiger partial charge in [0.2, 0.25) is 17.1 Å². The second-order valence-corrected chi connectivity index (χ2v) is 10.9. The van der Waals surface area contributed by atoms with Crippen LogP contribution in [0.15, 0.2) is 24.4 Å². The molecule has 35 heavy (non-hydrogen) atoms. The van der Waals surface area contributed by atoms with Gasteiger partial charge in [-0.15, -0.1) is 11.8 Å². The lowest BCUT2D eigenvalue weighted by Crippen LogP contribution is -2.40. The molecule has 2 fully saturated rings. The number of nitrogens with two attached hydrogens (primary N) is 1. The monoisotopic (exact) mass is 519 g/mol. The van der Waals surface area contributed by atoms with Crippen molar-refractivity contribution < 1.29 is 18.9 Å². The Morgan fingerprint density at radius 1 is 1.34 bits per heavy atom. The Bertz CT molecular complexity index is 1220. The summed E-state index contributed by atoms with van der Waals surface area (Å²) in [6.45, 7) is 0.493. The summed E-state index contributed by atoms with van der Waals surface area (Å²) in [6, 6.07) is 4.62. The predicted molar refractivity (Wildman–Crippen MR) is 128 cm³/mol. The van der Waals surface area contributed by atoms with Gasteiger partial charge in [0.15, 0.2) is 5.82 Å². The molecule has 2 amide bonds. The fourth-order valence-electron chi connectivity index (χ4n) is 6.08. The van der Waals surface area contributed by atoms with Crippen molar-refractivity contribution in [1.82, 2.24) is 9.97 Å². The molecule has 2 N–H and O–H groups in total. The van der Waals surface area contributed by atoms with Crippen molar-refractivity contribution in [3.63, 3.8) is 0 Å². The third kappa shape index (κ3) is 4.47. The number of fused-ring (bicyclic) bond motifs is 3. The fourth-order valence-corrected chi connectivity index (χ4v) is 7.69. The molecule has 2 aliphatic carbocycles. The molecule has 1 aromatic carbocycles. The number of primary amides is 1. The highest BCUT2D eigenvalue weighted by molar-refractivity contribution is 8.00. The minimum atomic E-state index is -0.568. The number of thioether (sulfide) groups is 1. The summed E-state index contributed by atoms with van der Waals surface area (Å²) in [5.74, 6) is -1.22. The molecule has 9 nitrogen and oxygen atoms in total. The first-order valence-corrected chi connectivity index (χ1v) is 12.8. The van der Waals surface area contributed by atoms with Crippen LogP contribution in [0, 0.1) is 39.6 Å². The van der Waals surface area contributed by atoms with Crippen LogP contribution in [0.25, 0.3) is 0 Å². The van der Waals surface area contributed by atoms with Gasteiger partial charge in [0.05, 0.1) is 28.3 Å². The zero-order chi connectivity index (χ0) is 24.9. The van der Waals surface area contributed by atoms with E-state index in [0.29, 0.717) is 18.7 Å². The summed E-state index contributed by atoms with van der Waals surface area (Å²) >= 11 is 7.39. The Hall–Kier alpha value is -2.79. The number of aromatic nitrogens is 2. The van der Waals surface area contributed by atoms with Gasteiger partial charge in [0, 0.05) is 29.8 Å². The van der Waals surface area contributed by atoms with Crippen molar-refractivity contribution in [3.8, 4) is 0 Å². The third-order valence-electron chi connectivity index (χ3n) is 7.55. The van der Waals surface area contributed by atoms with Crippen LogP contribution in [0.5, 0.6) is 0 Å². The molecule has 1 aliphatic heterocycles. The van der Waals surface area contributed by atoms with Gasteiger partial charge in [-0.3, -0.25) is 19.7 Å². The van der Waals surface area contributed by atoms with Crippen molar-refractivity contribution in [2.45, 2.75) is 30.9 Å². The third-order valence-corrected chi connectivity index (χ3v) is 9.11. The van der Waals surface area contributed by atoms with Gasteiger partial charge >= 0.3 is 0 Å². The maximum Gasteiger partial charge on any atom is 0.271 e. The average Bonchev–Trinajstić information content (AvgIpc) is 3.52. The van der Waals surface area contributed by atoms with Gasteiger partial charge in [0.25, 0.3) is 5.69 Å². The quantitative estimate of drug-likeness (QED) is 0.337. The number of non-ortho nitro benzene ring substituents is 1. The van der Waals surface area contributed by atoms with Crippen LogP contribution in [0.3, 0.4) is 0 Å². The summed E-state index contributed by atoms with van der Waals surface area (Å²) in [7, 11) is 0. The molecule has 1 aromatic heterocycles. The number of rotatable bonds is 7. The molecule has 12 heteroatoms. The molecule has 2 saturated carbocycles. The first-order chi connectivity index (χ1) is 16.7. The van der Waals surface area contributed by atoms with Crippen LogP contribution < -0.4 is 10.6 Å². The maximum absolute atomic E-state index is 14.3. The first-order valence-electron chi connectivity index (χ1n) is 11.4. The normalized spacial score (nSPS) is 26.7. The van der Waals surface area contributed by atoms with Crippen LogP contribution in [-0.4, -0.2) is 44.3 Å². The molecule has 5 rings (SSSR count). The highest BCUT2D eigenvalue weighted by Crippen LogP contribution is 2.56. The zero-order valence-corrected chi connectivity index (χ0v) is 20.2. The number of hydrogen-bond donors (Lipinski definition) is 1. The van der Waals surface area contributed by atoms with E-state index in [-0.39, 0.29) is 63.7 Å². The molecule has 184 valence electrons. The lowest BCUT2D eigenvalue weighted by atomic mass is 9.76. The smallest absolute Gasteiger partial charge is 0.271 e. The number of nitrogens with zero attached hydrogens (tertiary/aromatic N) is 4. The molecule has 3 aliphatic rings. The van der Waals surface area contributed by atoms with Gasteiger partial charge < -0.3 is 10.6 Å². The molecular formula is C23H23ClFN5O4S. The van der Waals surface area contributed by atoms with E-state index in [2.05, 4.69) is 9.97 Å². The molecule has 5 atom stereocenters. The minimum Gasteiger partial charge on any atom is -0.369 e. The van der Waals surface area contributed by atoms with E-state index in [9.17, 15) is 24.1 Å². The van der Waals surface area contributed by atoms with E-state index in [1.165, 1.54) is 23.9 Å². The van der Waals surface area contributed by atoms with Gasteiger partial charge in [-0.1, -0.05) is 6.07 Å². The minimum absolute atomic E-state index is 0.0402. The van der Waals surface area contributed by atoms with Crippen molar-refractivity contribution >= 4 is 46.6 Å². The summed E-state index contributed by atoms with van der Waals surface area (Å²) in [5, 5.41) is 11.2. The van der Waals surface area contributed by atoms with Gasteiger partial charge in [-0.2, -0.15) is 0 Å². The van der Waals surface area contributed by atoms with E-state index >= 15 is 0 Å². The molecule has 2 heterocycles. The van der Waals surface area contributed by atoms with E-state index in [1.54, 1.807) is 11.0 Å². The first kappa shape index (κ1) is 23.9. The van der Waals surface area contributed by atoms with Crippen molar-refractivity contribution in [2.75, 3.05) is 17.2 Å². The summed E-state index contributed by atoms with van der Waals surface area (Å²) in [5.41, 5.74) is 7.37. The van der Waals surface area contributed by atoms with Gasteiger partial charge in [-0.05, 0) is 60.6 Å². The van der Waals surface area contributed by atoms with E-state index in [1.807, 2.05) is 0 Å². The van der Waals surface area contributed by atoms with Crippen LogP contribution in [0.2, 0.25) is 5.28 Å². The zero-order valence-electron chi connectivity index (χ0n) is 18.6. The number of nitro groups is 1. The number of benzene rings is 1. The van der Waals surface area contributed by atoms with Crippen molar-refractivity contribution in [3.05, 3.63) is 56.9 Å². The Labute approximate surface area is 209 Å². The second-order valence-electron chi connectivity index (χ2n) is 9.34. The number of nitro benzene ring substituents is 1. The number of carbonyl (C=O) groups excluding carboxylic acids is 2. The standard InChI is InChI=1S/C23H23ClFN5O4S/c24-23-27-9-16(25)17(28-23)8-15-14-5-12(21(15)22(26)32)6-19(14)35-10-20(31)29-4-3-11-1-2-13(30(33)34)7-18(11)29/h1-2,7,9,12,14-15,19,21H,3-6,8,10H2,(H2,26,32)/t12-,14+,15-,19-,21+/m1/s1. The van der Waals surface area contributed by atoms with E-state index < -0.39 is 16.6 Å². The predicted octanol–water partition coefficient (Wildman–Crippen LogP) is 3.17. The molecule has 0 saturated heterocycles. The molecule has 2 bridgehead atoms. The topological polar surface area (TPSA) is 132 Å². The number of halogens is 2. The summed E-state index contributed by atoms with van der Waals surface area (Å²) in [6.07, 6.45) is 3.48. The van der Waals surface area contributed by atoms with Crippen LogP contribution in [0.4, 0.5) is 15.8 Å². The highest BCUT2D eigenvalue weighted by atomic mass is 35.5. The Kier molecular flexibility index (Phi) is 6.39. The Balaban J connectivity index is 1.28. The van der Waals surface area contributed by atoms with Gasteiger partial charge in [0.1, 0.15) is 0 Å². The molecule has 2 aromatic rings. The fraction of sp³-hybridized carbons (Fsp3) is 0.478. The lowest BCUT2D eigenvalue weighted by molar-refractivity contribution is -0.384. The molecule has 0 spiro atoms. The molecule has 0 radical (unpaired) electrons.